The van der Waals surface area contributed by atoms with Crippen molar-refractivity contribution < 1.29 is 13.2 Å². The van der Waals surface area contributed by atoms with Crippen LogP contribution < -0.4 is 5.32 Å². The SMILES string of the molecule is CS(=O)(=O)c1nc(NC(=O)c2ccc(CN3CCCC3)cc2)n[nH]1. The van der Waals surface area contributed by atoms with Gasteiger partial charge in [-0.3, -0.25) is 15.0 Å². The molecule has 8 nitrogen and oxygen atoms in total. The molecule has 2 N–H and O–H groups in total. The third kappa shape index (κ3) is 3.98. The number of nitrogens with one attached hydrogen (secondary N) is 2. The standard InChI is InChI=1S/C15H19N5O3S/c1-24(22,23)15-17-14(18-19-15)16-13(21)12-6-4-11(5-7-12)10-20-8-2-3-9-20/h4-7H,2-3,8-10H2,1H3,(H2,16,17,18,19,21). The lowest BCUT2D eigenvalue weighted by molar-refractivity contribution is 0.102. The summed E-state index contributed by atoms with van der Waals surface area (Å²) >= 11 is 0. The van der Waals surface area contributed by atoms with Crippen LogP contribution in [0.15, 0.2) is 29.4 Å². The van der Waals surface area contributed by atoms with Crippen LogP contribution in [0.5, 0.6) is 0 Å². The fraction of sp³-hybridized carbons (Fsp3) is 0.400. The van der Waals surface area contributed by atoms with E-state index >= 15 is 0 Å². The van der Waals surface area contributed by atoms with Gasteiger partial charge in [-0.2, -0.15) is 4.98 Å². The molecule has 0 spiro atoms. The molecule has 1 amide bonds. The molecular weight excluding hydrogens is 330 g/mol. The Morgan fingerprint density at radius 2 is 1.92 bits per heavy atom. The molecule has 0 radical (unpaired) electrons. The van der Waals surface area contributed by atoms with E-state index in [1.165, 1.54) is 12.8 Å². The van der Waals surface area contributed by atoms with Gasteiger partial charge in [0.1, 0.15) is 0 Å². The number of carbonyl (C=O) groups is 1. The summed E-state index contributed by atoms with van der Waals surface area (Å²) in [5.41, 5.74) is 1.62. The van der Waals surface area contributed by atoms with Crippen molar-refractivity contribution in [3.8, 4) is 0 Å². The zero-order chi connectivity index (χ0) is 17.2. The summed E-state index contributed by atoms with van der Waals surface area (Å²) in [7, 11) is -3.48. The Hall–Kier alpha value is -2.26. The van der Waals surface area contributed by atoms with Crippen molar-refractivity contribution in [1.82, 2.24) is 20.1 Å². The number of hydrogen-bond donors (Lipinski definition) is 2. The third-order valence-electron chi connectivity index (χ3n) is 3.86. The predicted molar refractivity (Wildman–Crippen MR) is 88.4 cm³/mol. The fourth-order valence-electron chi connectivity index (χ4n) is 2.60. The van der Waals surface area contributed by atoms with E-state index in [9.17, 15) is 13.2 Å². The first-order chi connectivity index (χ1) is 11.4. The predicted octanol–water partition coefficient (Wildman–Crippen LogP) is 1.06. The Kier molecular flexibility index (Phi) is 4.63. The molecule has 3 rings (SSSR count). The van der Waals surface area contributed by atoms with E-state index in [0.29, 0.717) is 5.56 Å². The number of rotatable bonds is 5. The number of H-pyrrole nitrogens is 1. The Morgan fingerprint density at radius 1 is 1.25 bits per heavy atom. The van der Waals surface area contributed by atoms with Gasteiger partial charge >= 0.3 is 0 Å². The maximum Gasteiger partial charge on any atom is 0.258 e. The second-order valence-corrected chi connectivity index (χ2v) is 7.80. The van der Waals surface area contributed by atoms with Crippen LogP contribution in [0.1, 0.15) is 28.8 Å². The van der Waals surface area contributed by atoms with Crippen molar-refractivity contribution in [2.24, 2.45) is 0 Å². The van der Waals surface area contributed by atoms with Crippen LogP contribution in [0, 0.1) is 0 Å². The van der Waals surface area contributed by atoms with E-state index in [1.807, 2.05) is 12.1 Å². The highest BCUT2D eigenvalue weighted by molar-refractivity contribution is 7.90. The molecule has 1 fully saturated rings. The molecule has 1 aromatic carbocycles. The number of benzene rings is 1. The highest BCUT2D eigenvalue weighted by Gasteiger charge is 2.16. The van der Waals surface area contributed by atoms with E-state index in [4.69, 9.17) is 0 Å². The first kappa shape index (κ1) is 16.6. The number of hydrogen-bond acceptors (Lipinski definition) is 6. The monoisotopic (exact) mass is 349 g/mol. The Balaban J connectivity index is 1.63. The van der Waals surface area contributed by atoms with Crippen molar-refractivity contribution in [3.05, 3.63) is 35.4 Å². The molecular formula is C15H19N5O3S. The summed E-state index contributed by atoms with van der Waals surface area (Å²) in [6.07, 6.45) is 3.50. The molecule has 1 saturated heterocycles. The van der Waals surface area contributed by atoms with Gasteiger partial charge in [0.2, 0.25) is 20.9 Å². The molecule has 0 saturated carbocycles. The fourth-order valence-corrected chi connectivity index (χ4v) is 3.07. The van der Waals surface area contributed by atoms with Gasteiger partial charge in [-0.25, -0.2) is 13.5 Å². The van der Waals surface area contributed by atoms with Gasteiger partial charge < -0.3 is 0 Å². The van der Waals surface area contributed by atoms with Crippen molar-refractivity contribution in [2.45, 2.75) is 24.5 Å². The summed E-state index contributed by atoms with van der Waals surface area (Å²) in [5.74, 6) is -0.455. The molecule has 1 aromatic heterocycles. The number of aromatic nitrogens is 3. The first-order valence-corrected chi connectivity index (χ1v) is 9.56. The molecule has 2 aromatic rings. The Labute approximate surface area is 140 Å². The maximum atomic E-state index is 12.2. The molecule has 0 bridgehead atoms. The van der Waals surface area contributed by atoms with Crippen molar-refractivity contribution in [2.75, 3.05) is 24.7 Å². The summed E-state index contributed by atoms with van der Waals surface area (Å²) in [5, 5.41) is 8.16. The average Bonchev–Trinajstić information content (AvgIpc) is 3.19. The van der Waals surface area contributed by atoms with Crippen LogP contribution in [0.4, 0.5) is 5.95 Å². The van der Waals surface area contributed by atoms with Crippen LogP contribution in [0.25, 0.3) is 0 Å². The van der Waals surface area contributed by atoms with E-state index in [-0.39, 0.29) is 17.0 Å². The van der Waals surface area contributed by atoms with Crippen LogP contribution in [-0.2, 0) is 16.4 Å². The van der Waals surface area contributed by atoms with Gasteiger partial charge in [-0.05, 0) is 43.6 Å². The molecule has 128 valence electrons. The summed E-state index contributed by atoms with van der Waals surface area (Å²) < 4.78 is 22.7. The van der Waals surface area contributed by atoms with Gasteiger partial charge in [0, 0.05) is 18.4 Å². The van der Waals surface area contributed by atoms with Crippen molar-refractivity contribution in [1.29, 1.82) is 0 Å². The lowest BCUT2D eigenvalue weighted by Crippen LogP contribution is -2.18. The number of nitrogens with zero attached hydrogens (tertiary/aromatic N) is 3. The van der Waals surface area contributed by atoms with Gasteiger partial charge in [-0.1, -0.05) is 12.1 Å². The molecule has 9 heteroatoms. The van der Waals surface area contributed by atoms with Crippen molar-refractivity contribution in [3.63, 3.8) is 0 Å². The number of sulfone groups is 1. The molecule has 24 heavy (non-hydrogen) atoms. The third-order valence-corrected chi connectivity index (χ3v) is 4.75. The smallest absolute Gasteiger partial charge is 0.258 e. The summed E-state index contributed by atoms with van der Waals surface area (Å²) in [6, 6.07) is 7.33. The normalized spacial score (nSPS) is 15.5. The van der Waals surface area contributed by atoms with E-state index in [1.54, 1.807) is 12.1 Å². The van der Waals surface area contributed by atoms with Gasteiger partial charge in [0.25, 0.3) is 5.91 Å². The minimum atomic E-state index is -3.48. The average molecular weight is 349 g/mol. The van der Waals surface area contributed by atoms with Gasteiger partial charge in [-0.15, -0.1) is 5.10 Å². The molecule has 2 heterocycles. The van der Waals surface area contributed by atoms with Crippen molar-refractivity contribution >= 4 is 21.7 Å². The van der Waals surface area contributed by atoms with Crippen LogP contribution in [-0.4, -0.2) is 53.8 Å². The topological polar surface area (TPSA) is 108 Å². The minimum Gasteiger partial charge on any atom is -0.299 e. The van der Waals surface area contributed by atoms with E-state index < -0.39 is 9.84 Å². The zero-order valence-electron chi connectivity index (χ0n) is 13.3. The highest BCUT2D eigenvalue weighted by Crippen LogP contribution is 2.14. The molecule has 1 aliphatic heterocycles. The van der Waals surface area contributed by atoms with E-state index in [2.05, 4.69) is 25.4 Å². The molecule has 1 aliphatic rings. The molecule has 0 atom stereocenters. The number of carbonyl (C=O) groups excluding carboxylic acids is 1. The second kappa shape index (κ2) is 6.70. The Morgan fingerprint density at radius 3 is 2.50 bits per heavy atom. The maximum absolute atomic E-state index is 12.2. The van der Waals surface area contributed by atoms with Crippen LogP contribution in [0.3, 0.4) is 0 Å². The highest BCUT2D eigenvalue weighted by atomic mass is 32.2. The summed E-state index contributed by atoms with van der Waals surface area (Å²) in [4.78, 5) is 18.3. The number of anilines is 1. The number of aromatic amines is 1. The lowest BCUT2D eigenvalue weighted by atomic mass is 10.1. The molecule has 0 unspecified atom stereocenters. The van der Waals surface area contributed by atoms with Crippen LogP contribution >= 0.6 is 0 Å². The number of likely N-dealkylation sites (tertiary alicyclic amines) is 1. The second-order valence-electron chi connectivity index (χ2n) is 5.87. The molecule has 0 aliphatic carbocycles. The first-order valence-electron chi connectivity index (χ1n) is 7.67. The number of amides is 1. The van der Waals surface area contributed by atoms with Crippen LogP contribution in [0.2, 0.25) is 0 Å². The lowest BCUT2D eigenvalue weighted by Gasteiger charge is -2.14. The van der Waals surface area contributed by atoms with Gasteiger partial charge in [0.05, 0.1) is 0 Å². The Bertz CT molecular complexity index is 823. The van der Waals surface area contributed by atoms with E-state index in [0.717, 1.165) is 31.5 Å². The largest absolute Gasteiger partial charge is 0.299 e. The van der Waals surface area contributed by atoms with Gasteiger partial charge in [0.15, 0.2) is 0 Å². The zero-order valence-corrected chi connectivity index (χ0v) is 14.1. The quantitative estimate of drug-likeness (QED) is 0.835. The minimum absolute atomic E-state index is 0.0680. The summed E-state index contributed by atoms with van der Waals surface area (Å²) in [6.45, 7) is 3.13.